The number of benzene rings is 1. The van der Waals surface area contributed by atoms with Gasteiger partial charge in [0, 0.05) is 19.1 Å². The summed E-state index contributed by atoms with van der Waals surface area (Å²) in [5.74, 6) is 0.109. The average molecular weight is 368 g/mol. The molecule has 1 atom stereocenters. The van der Waals surface area contributed by atoms with Crippen molar-refractivity contribution in [2.75, 3.05) is 25.2 Å². The molecule has 1 aromatic rings. The van der Waals surface area contributed by atoms with Crippen molar-refractivity contribution in [1.29, 1.82) is 0 Å². The molecule has 0 bridgehead atoms. The van der Waals surface area contributed by atoms with Crippen molar-refractivity contribution in [3.05, 3.63) is 29.8 Å². The normalized spacial score (nSPS) is 18.6. The smallest absolute Gasteiger partial charge is 0.232 e. The van der Waals surface area contributed by atoms with Crippen LogP contribution in [0.25, 0.3) is 0 Å². The fraction of sp³-hybridized carbons (Fsp3) is 0.529. The van der Waals surface area contributed by atoms with Crippen LogP contribution in [0.3, 0.4) is 0 Å². The molecule has 0 spiro atoms. The van der Waals surface area contributed by atoms with E-state index in [9.17, 15) is 18.0 Å². The molecule has 1 aliphatic heterocycles. The van der Waals surface area contributed by atoms with E-state index in [0.29, 0.717) is 19.5 Å². The van der Waals surface area contributed by atoms with Gasteiger partial charge in [0.25, 0.3) is 0 Å². The van der Waals surface area contributed by atoms with Crippen LogP contribution in [0.15, 0.2) is 24.3 Å². The fourth-order valence-corrected chi connectivity index (χ4v) is 4.64. The number of hydrogen-bond acceptors (Lipinski definition) is 5. The van der Waals surface area contributed by atoms with Gasteiger partial charge in [-0.05, 0) is 31.0 Å². The number of ether oxygens (including phenoxy) is 1. The standard InChI is InChI=1S/C17H24N2O5S/c1-3-19(14-8-9-25(22,23)12-14)17(21)10-16(20)18-11-13-4-6-15(24-2)7-5-13/h4-7,14H,3,8-12H2,1-2H3,(H,18,20). The summed E-state index contributed by atoms with van der Waals surface area (Å²) >= 11 is 0. The van der Waals surface area contributed by atoms with Crippen LogP contribution in [0.4, 0.5) is 0 Å². The summed E-state index contributed by atoms with van der Waals surface area (Å²) in [6, 6.07) is 6.94. The van der Waals surface area contributed by atoms with Gasteiger partial charge in [0.05, 0.1) is 18.6 Å². The Balaban J connectivity index is 1.84. The first-order valence-corrected chi connectivity index (χ1v) is 10.1. The Morgan fingerprint density at radius 1 is 1.28 bits per heavy atom. The maximum absolute atomic E-state index is 12.3. The van der Waals surface area contributed by atoms with Crippen LogP contribution >= 0.6 is 0 Å². The Kier molecular flexibility index (Phi) is 6.41. The van der Waals surface area contributed by atoms with E-state index in [1.165, 1.54) is 4.90 Å². The third-order valence-electron chi connectivity index (χ3n) is 4.27. The Bertz CT molecular complexity index is 715. The second-order valence-electron chi connectivity index (χ2n) is 6.04. The first kappa shape index (κ1) is 19.2. The molecule has 1 fully saturated rings. The minimum atomic E-state index is -3.07. The van der Waals surface area contributed by atoms with E-state index in [-0.39, 0.29) is 35.8 Å². The molecule has 1 N–H and O–H groups in total. The highest BCUT2D eigenvalue weighted by atomic mass is 32.2. The van der Waals surface area contributed by atoms with Crippen LogP contribution in [-0.4, -0.2) is 56.3 Å². The minimum absolute atomic E-state index is 0.0138. The molecule has 8 heteroatoms. The predicted octanol–water partition coefficient (Wildman–Crippen LogP) is 0.737. The van der Waals surface area contributed by atoms with E-state index in [4.69, 9.17) is 4.74 Å². The van der Waals surface area contributed by atoms with Gasteiger partial charge in [-0.15, -0.1) is 0 Å². The van der Waals surface area contributed by atoms with Gasteiger partial charge in [-0.2, -0.15) is 0 Å². The summed E-state index contributed by atoms with van der Waals surface area (Å²) < 4.78 is 28.2. The van der Waals surface area contributed by atoms with Gasteiger partial charge in [-0.25, -0.2) is 8.42 Å². The van der Waals surface area contributed by atoms with E-state index in [1.807, 2.05) is 12.1 Å². The number of rotatable bonds is 7. The van der Waals surface area contributed by atoms with E-state index >= 15 is 0 Å². The van der Waals surface area contributed by atoms with Crippen molar-refractivity contribution in [1.82, 2.24) is 10.2 Å². The number of hydrogen-bond donors (Lipinski definition) is 1. The monoisotopic (exact) mass is 368 g/mol. The van der Waals surface area contributed by atoms with Crippen LogP contribution in [0.2, 0.25) is 0 Å². The van der Waals surface area contributed by atoms with Crippen LogP contribution in [0, 0.1) is 0 Å². The predicted molar refractivity (Wildman–Crippen MR) is 93.9 cm³/mol. The first-order chi connectivity index (χ1) is 11.8. The lowest BCUT2D eigenvalue weighted by atomic mass is 10.2. The summed E-state index contributed by atoms with van der Waals surface area (Å²) in [6.45, 7) is 2.50. The molecule has 138 valence electrons. The molecular formula is C17H24N2O5S. The minimum Gasteiger partial charge on any atom is -0.497 e. The van der Waals surface area contributed by atoms with Crippen molar-refractivity contribution < 1.29 is 22.7 Å². The molecule has 0 aliphatic carbocycles. The average Bonchev–Trinajstić information content (AvgIpc) is 2.93. The molecule has 1 aliphatic rings. The molecule has 0 radical (unpaired) electrons. The number of carbonyl (C=O) groups excluding carboxylic acids is 2. The number of nitrogens with zero attached hydrogens (tertiary/aromatic N) is 1. The molecule has 0 aromatic heterocycles. The highest BCUT2D eigenvalue weighted by Crippen LogP contribution is 2.18. The quantitative estimate of drug-likeness (QED) is 0.717. The Morgan fingerprint density at radius 2 is 1.96 bits per heavy atom. The molecule has 1 heterocycles. The second-order valence-corrected chi connectivity index (χ2v) is 8.27. The molecular weight excluding hydrogens is 344 g/mol. The van der Waals surface area contributed by atoms with Crippen molar-refractivity contribution in [3.8, 4) is 5.75 Å². The van der Waals surface area contributed by atoms with Gasteiger partial charge < -0.3 is 15.0 Å². The summed E-state index contributed by atoms with van der Waals surface area (Å²) in [5, 5.41) is 2.71. The first-order valence-electron chi connectivity index (χ1n) is 8.24. The van der Waals surface area contributed by atoms with E-state index < -0.39 is 9.84 Å². The summed E-state index contributed by atoms with van der Waals surface area (Å²) in [5.41, 5.74) is 0.899. The van der Waals surface area contributed by atoms with Crippen molar-refractivity contribution in [2.45, 2.75) is 32.4 Å². The Morgan fingerprint density at radius 3 is 2.48 bits per heavy atom. The third-order valence-corrected chi connectivity index (χ3v) is 6.02. The largest absolute Gasteiger partial charge is 0.497 e. The molecule has 1 aromatic carbocycles. The van der Waals surface area contributed by atoms with Crippen LogP contribution in [0.5, 0.6) is 5.75 Å². The highest BCUT2D eigenvalue weighted by molar-refractivity contribution is 7.91. The molecule has 0 saturated carbocycles. The maximum Gasteiger partial charge on any atom is 0.232 e. The van der Waals surface area contributed by atoms with E-state index in [2.05, 4.69) is 5.32 Å². The lowest BCUT2D eigenvalue weighted by Crippen LogP contribution is -2.43. The number of sulfone groups is 1. The number of carbonyl (C=O) groups is 2. The van der Waals surface area contributed by atoms with E-state index in [0.717, 1.165) is 11.3 Å². The van der Waals surface area contributed by atoms with Crippen molar-refractivity contribution in [2.24, 2.45) is 0 Å². The van der Waals surface area contributed by atoms with Crippen molar-refractivity contribution in [3.63, 3.8) is 0 Å². The third kappa shape index (κ3) is 5.45. The van der Waals surface area contributed by atoms with Gasteiger partial charge in [-0.1, -0.05) is 12.1 Å². The Labute approximate surface area is 148 Å². The topological polar surface area (TPSA) is 92.8 Å². The van der Waals surface area contributed by atoms with Gasteiger partial charge in [0.1, 0.15) is 12.2 Å². The Hall–Kier alpha value is -2.09. The van der Waals surface area contributed by atoms with Gasteiger partial charge in [-0.3, -0.25) is 9.59 Å². The van der Waals surface area contributed by atoms with Crippen molar-refractivity contribution >= 4 is 21.7 Å². The molecule has 1 unspecified atom stereocenters. The molecule has 2 rings (SSSR count). The molecule has 1 saturated heterocycles. The zero-order chi connectivity index (χ0) is 18.4. The molecule has 25 heavy (non-hydrogen) atoms. The van der Waals surface area contributed by atoms with E-state index in [1.54, 1.807) is 26.2 Å². The summed E-state index contributed by atoms with van der Waals surface area (Å²) in [6.07, 6.45) is 0.163. The zero-order valence-corrected chi connectivity index (χ0v) is 15.3. The molecule has 2 amide bonds. The number of amides is 2. The molecule has 7 nitrogen and oxygen atoms in total. The number of methoxy groups -OCH3 is 1. The second kappa shape index (κ2) is 8.33. The maximum atomic E-state index is 12.3. The summed E-state index contributed by atoms with van der Waals surface area (Å²) in [4.78, 5) is 25.8. The lowest BCUT2D eigenvalue weighted by molar-refractivity contribution is -0.137. The van der Waals surface area contributed by atoms with Gasteiger partial charge in [0.15, 0.2) is 9.84 Å². The zero-order valence-electron chi connectivity index (χ0n) is 14.5. The van der Waals surface area contributed by atoms with Crippen LogP contribution < -0.4 is 10.1 Å². The highest BCUT2D eigenvalue weighted by Gasteiger charge is 2.34. The SMILES string of the molecule is CCN(C(=O)CC(=O)NCc1ccc(OC)cc1)C1CCS(=O)(=O)C1. The fourth-order valence-electron chi connectivity index (χ4n) is 2.90. The van der Waals surface area contributed by atoms with Gasteiger partial charge in [0.2, 0.25) is 11.8 Å². The lowest BCUT2D eigenvalue weighted by Gasteiger charge is -2.26. The van der Waals surface area contributed by atoms with Gasteiger partial charge >= 0.3 is 0 Å². The number of nitrogens with one attached hydrogen (secondary N) is 1. The van der Waals surface area contributed by atoms with Crippen LogP contribution in [-0.2, 0) is 26.0 Å². The van der Waals surface area contributed by atoms with Crippen LogP contribution in [0.1, 0.15) is 25.3 Å². The summed E-state index contributed by atoms with van der Waals surface area (Å²) in [7, 11) is -1.49.